The van der Waals surface area contributed by atoms with Crippen LogP contribution in [0.5, 0.6) is 5.75 Å². The maximum Gasteiger partial charge on any atom is 0.238 e. The number of para-hydroxylation sites is 2. The first-order valence-electron chi connectivity index (χ1n) is 6.77. The number of aryl methyl sites for hydroxylation is 1. The van der Waals surface area contributed by atoms with Crippen molar-refractivity contribution < 1.29 is 9.15 Å². The molecular formula is C16H13ClN2O2. The van der Waals surface area contributed by atoms with Gasteiger partial charge in [-0.15, -0.1) is 0 Å². The first kappa shape index (κ1) is 12.5. The highest BCUT2D eigenvalue weighted by atomic mass is 35.5. The van der Waals surface area contributed by atoms with E-state index in [0.29, 0.717) is 17.5 Å². The van der Waals surface area contributed by atoms with Crippen LogP contribution >= 0.6 is 11.6 Å². The molecule has 5 heteroatoms. The number of hydrogen-bond acceptors (Lipinski definition) is 4. The molecule has 21 heavy (non-hydrogen) atoms. The van der Waals surface area contributed by atoms with Crippen molar-refractivity contribution in [2.75, 3.05) is 11.9 Å². The number of aromatic nitrogens is 1. The highest BCUT2D eigenvalue weighted by Gasteiger charge is 2.25. The predicted octanol–water partition coefficient (Wildman–Crippen LogP) is 4.34. The summed E-state index contributed by atoms with van der Waals surface area (Å²) in [6, 6.07) is 11.5. The Morgan fingerprint density at radius 3 is 3.05 bits per heavy atom. The first-order valence-corrected chi connectivity index (χ1v) is 7.14. The Balaban J connectivity index is 1.73. The van der Waals surface area contributed by atoms with E-state index in [1.165, 1.54) is 0 Å². The number of benzene rings is 2. The van der Waals surface area contributed by atoms with Crippen LogP contribution in [0.4, 0.5) is 5.69 Å². The van der Waals surface area contributed by atoms with E-state index < -0.39 is 0 Å². The lowest BCUT2D eigenvalue weighted by Crippen LogP contribution is -2.23. The van der Waals surface area contributed by atoms with Gasteiger partial charge in [-0.1, -0.05) is 23.7 Å². The number of hydrogen-bond donors (Lipinski definition) is 1. The van der Waals surface area contributed by atoms with Gasteiger partial charge in [-0.3, -0.25) is 0 Å². The van der Waals surface area contributed by atoms with Crippen molar-refractivity contribution in [2.24, 2.45) is 0 Å². The largest absolute Gasteiger partial charge is 0.477 e. The number of anilines is 1. The summed E-state index contributed by atoms with van der Waals surface area (Å²) in [4.78, 5) is 4.51. The molecule has 2 heterocycles. The van der Waals surface area contributed by atoms with Crippen molar-refractivity contribution in [1.82, 2.24) is 4.98 Å². The van der Waals surface area contributed by atoms with Gasteiger partial charge in [0.15, 0.2) is 11.7 Å². The molecule has 0 amide bonds. The Morgan fingerprint density at radius 1 is 1.29 bits per heavy atom. The number of nitrogens with one attached hydrogen (secondary N) is 1. The van der Waals surface area contributed by atoms with Crippen molar-refractivity contribution in [1.29, 1.82) is 0 Å². The van der Waals surface area contributed by atoms with Gasteiger partial charge in [-0.2, -0.15) is 0 Å². The lowest BCUT2D eigenvalue weighted by molar-refractivity contribution is 0.177. The smallest absolute Gasteiger partial charge is 0.238 e. The second kappa shape index (κ2) is 4.67. The summed E-state index contributed by atoms with van der Waals surface area (Å²) in [7, 11) is 0. The lowest BCUT2D eigenvalue weighted by atomic mass is 10.2. The minimum atomic E-state index is -0.245. The number of oxazole rings is 1. The molecule has 0 radical (unpaired) electrons. The third-order valence-electron chi connectivity index (χ3n) is 3.57. The van der Waals surface area contributed by atoms with E-state index in [1.54, 1.807) is 6.07 Å². The van der Waals surface area contributed by atoms with Crippen LogP contribution < -0.4 is 10.1 Å². The topological polar surface area (TPSA) is 47.3 Å². The molecule has 1 aromatic heterocycles. The zero-order chi connectivity index (χ0) is 14.4. The summed E-state index contributed by atoms with van der Waals surface area (Å²) >= 11 is 6.06. The van der Waals surface area contributed by atoms with Gasteiger partial charge in [0.1, 0.15) is 11.3 Å². The molecule has 0 saturated carbocycles. The molecule has 0 bridgehead atoms. The van der Waals surface area contributed by atoms with Crippen LogP contribution in [0.15, 0.2) is 40.8 Å². The van der Waals surface area contributed by atoms with Crippen LogP contribution in [-0.4, -0.2) is 11.5 Å². The number of ether oxygens (including phenoxy) is 1. The van der Waals surface area contributed by atoms with Gasteiger partial charge in [-0.25, -0.2) is 4.98 Å². The van der Waals surface area contributed by atoms with Crippen LogP contribution in [0, 0.1) is 6.92 Å². The number of halogens is 1. The van der Waals surface area contributed by atoms with Gasteiger partial charge in [0.05, 0.1) is 12.2 Å². The summed E-state index contributed by atoms with van der Waals surface area (Å²) in [6.45, 7) is 2.58. The van der Waals surface area contributed by atoms with E-state index in [0.717, 1.165) is 28.1 Å². The average molecular weight is 301 g/mol. The van der Waals surface area contributed by atoms with Gasteiger partial charge in [-0.05, 0) is 36.8 Å². The van der Waals surface area contributed by atoms with E-state index in [-0.39, 0.29) is 6.10 Å². The molecule has 1 N–H and O–H groups in total. The summed E-state index contributed by atoms with van der Waals surface area (Å²) in [5, 5.41) is 3.99. The quantitative estimate of drug-likeness (QED) is 0.726. The highest BCUT2D eigenvalue weighted by molar-refractivity contribution is 6.31. The predicted molar refractivity (Wildman–Crippen MR) is 82.1 cm³/mol. The standard InChI is InChI=1S/C16H13ClN2O2/c1-9-6-10(17)7-12-15(9)21-16(19-12)14-8-18-11-4-2-3-5-13(11)20-14/h2-7,14,18H,8H2,1H3. The normalized spacial score (nSPS) is 17.1. The molecule has 1 unspecified atom stereocenters. The average Bonchev–Trinajstić information content (AvgIpc) is 2.91. The maximum atomic E-state index is 6.06. The van der Waals surface area contributed by atoms with Crippen molar-refractivity contribution in [3.8, 4) is 5.75 Å². The van der Waals surface area contributed by atoms with Gasteiger partial charge in [0.2, 0.25) is 5.89 Å². The fraction of sp³-hybridized carbons (Fsp3) is 0.188. The number of fused-ring (bicyclic) bond motifs is 2. The first-order chi connectivity index (χ1) is 10.2. The molecule has 1 atom stereocenters. The Morgan fingerprint density at radius 2 is 2.14 bits per heavy atom. The summed E-state index contributed by atoms with van der Waals surface area (Å²) in [6.07, 6.45) is -0.245. The van der Waals surface area contributed by atoms with Crippen LogP contribution in [-0.2, 0) is 0 Å². The zero-order valence-corrected chi connectivity index (χ0v) is 12.1. The molecule has 0 saturated heterocycles. The zero-order valence-electron chi connectivity index (χ0n) is 11.4. The molecule has 0 aliphatic carbocycles. The van der Waals surface area contributed by atoms with Crippen LogP contribution in [0.2, 0.25) is 5.02 Å². The summed E-state index contributed by atoms with van der Waals surface area (Å²) < 4.78 is 11.8. The molecule has 0 spiro atoms. The van der Waals surface area contributed by atoms with Crippen LogP contribution in [0.1, 0.15) is 17.6 Å². The molecule has 106 valence electrons. The monoisotopic (exact) mass is 300 g/mol. The minimum Gasteiger partial charge on any atom is -0.477 e. The van der Waals surface area contributed by atoms with Crippen molar-refractivity contribution in [3.63, 3.8) is 0 Å². The van der Waals surface area contributed by atoms with Crippen molar-refractivity contribution in [3.05, 3.63) is 52.9 Å². The fourth-order valence-corrected chi connectivity index (χ4v) is 2.83. The molecule has 4 nitrogen and oxygen atoms in total. The van der Waals surface area contributed by atoms with Gasteiger partial charge in [0.25, 0.3) is 0 Å². The Bertz CT molecular complexity index is 828. The Hall–Kier alpha value is -2.20. The van der Waals surface area contributed by atoms with E-state index >= 15 is 0 Å². The third-order valence-corrected chi connectivity index (χ3v) is 3.78. The molecule has 4 rings (SSSR count). The highest BCUT2D eigenvalue weighted by Crippen LogP contribution is 2.35. The van der Waals surface area contributed by atoms with Gasteiger partial charge in [0, 0.05) is 5.02 Å². The van der Waals surface area contributed by atoms with Crippen LogP contribution in [0.25, 0.3) is 11.1 Å². The maximum absolute atomic E-state index is 6.06. The summed E-state index contributed by atoms with van der Waals surface area (Å²) in [5.41, 5.74) is 3.49. The van der Waals surface area contributed by atoms with Gasteiger partial charge >= 0.3 is 0 Å². The van der Waals surface area contributed by atoms with E-state index in [1.807, 2.05) is 37.3 Å². The lowest BCUT2D eigenvalue weighted by Gasteiger charge is -2.25. The number of nitrogens with zero attached hydrogens (tertiary/aromatic N) is 1. The Kier molecular flexibility index (Phi) is 2.79. The van der Waals surface area contributed by atoms with Crippen LogP contribution in [0.3, 0.4) is 0 Å². The molecule has 0 fully saturated rings. The molecule has 1 aliphatic heterocycles. The van der Waals surface area contributed by atoms with E-state index in [9.17, 15) is 0 Å². The molecule has 2 aromatic carbocycles. The second-order valence-corrected chi connectivity index (χ2v) is 5.54. The van der Waals surface area contributed by atoms with E-state index in [2.05, 4.69) is 10.3 Å². The van der Waals surface area contributed by atoms with E-state index in [4.69, 9.17) is 20.8 Å². The molecule has 1 aliphatic rings. The molecular weight excluding hydrogens is 288 g/mol. The van der Waals surface area contributed by atoms with Crippen molar-refractivity contribution >= 4 is 28.4 Å². The number of rotatable bonds is 1. The fourth-order valence-electron chi connectivity index (χ4n) is 2.56. The molecule has 3 aromatic rings. The summed E-state index contributed by atoms with van der Waals surface area (Å²) in [5.74, 6) is 1.38. The van der Waals surface area contributed by atoms with Crippen molar-refractivity contribution in [2.45, 2.75) is 13.0 Å². The Labute approximate surface area is 126 Å². The second-order valence-electron chi connectivity index (χ2n) is 5.11. The van der Waals surface area contributed by atoms with Gasteiger partial charge < -0.3 is 14.5 Å². The minimum absolute atomic E-state index is 0.245. The SMILES string of the molecule is Cc1cc(Cl)cc2nc(C3CNc4ccccc4O3)oc12. The third kappa shape index (κ3) is 2.12.